The fraction of sp³-hybridized carbons (Fsp3) is 0.615. The summed E-state index contributed by atoms with van der Waals surface area (Å²) in [6.45, 7) is 1.00. The lowest BCUT2D eigenvalue weighted by Gasteiger charge is -2.35. The van der Waals surface area contributed by atoms with Crippen molar-refractivity contribution in [2.75, 3.05) is 13.1 Å². The molecular formula is C13H17NO2S. The van der Waals surface area contributed by atoms with Crippen LogP contribution in [-0.4, -0.2) is 35.1 Å². The van der Waals surface area contributed by atoms with Crippen molar-refractivity contribution in [2.24, 2.45) is 0 Å². The van der Waals surface area contributed by atoms with Crippen LogP contribution in [0.1, 0.15) is 39.4 Å². The summed E-state index contributed by atoms with van der Waals surface area (Å²) in [6, 6.07) is 2.08. The maximum absolute atomic E-state index is 12.1. The van der Waals surface area contributed by atoms with E-state index < -0.39 is 0 Å². The maximum atomic E-state index is 12.1. The van der Waals surface area contributed by atoms with E-state index in [0.29, 0.717) is 13.1 Å². The first-order valence-electron chi connectivity index (χ1n) is 6.33. The highest BCUT2D eigenvalue weighted by atomic mass is 32.1. The molecule has 1 aromatic rings. The molecule has 0 spiro atoms. The monoisotopic (exact) mass is 251 g/mol. The largest absolute Gasteiger partial charge is 0.389 e. The highest BCUT2D eigenvalue weighted by Crippen LogP contribution is 2.30. The first-order valence-corrected chi connectivity index (χ1v) is 7.14. The van der Waals surface area contributed by atoms with Crippen LogP contribution in [0.2, 0.25) is 0 Å². The highest BCUT2D eigenvalue weighted by molar-refractivity contribution is 7.14. The molecule has 3 rings (SSSR count). The van der Waals surface area contributed by atoms with E-state index in [0.717, 1.165) is 17.7 Å². The van der Waals surface area contributed by atoms with Gasteiger partial charge in [0.25, 0.3) is 5.91 Å². The van der Waals surface area contributed by atoms with Gasteiger partial charge in [0.1, 0.15) is 0 Å². The van der Waals surface area contributed by atoms with Gasteiger partial charge in [-0.05, 0) is 37.3 Å². The van der Waals surface area contributed by atoms with Crippen molar-refractivity contribution >= 4 is 17.2 Å². The van der Waals surface area contributed by atoms with Crippen LogP contribution in [-0.2, 0) is 12.8 Å². The third kappa shape index (κ3) is 2.11. The fourth-order valence-electron chi connectivity index (χ4n) is 2.55. The first-order chi connectivity index (χ1) is 8.24. The first kappa shape index (κ1) is 11.2. The second-order valence-electron chi connectivity index (χ2n) is 4.98. The summed E-state index contributed by atoms with van der Waals surface area (Å²) < 4.78 is 0. The van der Waals surface area contributed by atoms with Gasteiger partial charge in [0.05, 0.1) is 11.0 Å². The van der Waals surface area contributed by atoms with E-state index in [1.807, 2.05) is 0 Å². The van der Waals surface area contributed by atoms with E-state index in [1.165, 1.54) is 29.7 Å². The third-order valence-corrected chi connectivity index (χ3v) is 4.83. The second-order valence-corrected chi connectivity index (χ2v) is 6.12. The number of thiophene rings is 1. The summed E-state index contributed by atoms with van der Waals surface area (Å²) in [5, 5.41) is 9.22. The smallest absolute Gasteiger partial charge is 0.264 e. The van der Waals surface area contributed by atoms with Gasteiger partial charge in [-0.3, -0.25) is 4.79 Å². The minimum Gasteiger partial charge on any atom is -0.389 e. The zero-order valence-corrected chi connectivity index (χ0v) is 10.6. The average Bonchev–Trinajstić information content (AvgIpc) is 2.56. The molecule has 2 heterocycles. The minimum absolute atomic E-state index is 0.105. The molecule has 2 aliphatic rings. The lowest BCUT2D eigenvalue weighted by Crippen LogP contribution is -2.53. The fourth-order valence-corrected chi connectivity index (χ4v) is 3.77. The molecule has 1 N–H and O–H groups in total. The normalized spacial score (nSPS) is 20.6. The van der Waals surface area contributed by atoms with Gasteiger partial charge in [0, 0.05) is 18.0 Å². The van der Waals surface area contributed by atoms with E-state index in [4.69, 9.17) is 0 Å². The lowest BCUT2D eigenvalue weighted by atomic mass is 10.1. The number of β-amino-alcohol motifs (C(OH)–C–C–N with tert-alkyl or cyclic N) is 1. The number of aryl methyl sites for hydroxylation is 2. The lowest BCUT2D eigenvalue weighted by molar-refractivity contribution is 0.00622. The van der Waals surface area contributed by atoms with Gasteiger partial charge in [-0.1, -0.05) is 6.42 Å². The van der Waals surface area contributed by atoms with Crippen molar-refractivity contribution in [3.63, 3.8) is 0 Å². The Morgan fingerprint density at radius 3 is 2.82 bits per heavy atom. The molecule has 4 heteroatoms. The quantitative estimate of drug-likeness (QED) is 0.774. The van der Waals surface area contributed by atoms with E-state index in [-0.39, 0.29) is 12.0 Å². The molecular weight excluding hydrogens is 234 g/mol. The number of carbonyl (C=O) groups is 1. The zero-order valence-electron chi connectivity index (χ0n) is 9.82. The number of hydrogen-bond donors (Lipinski definition) is 1. The molecule has 0 radical (unpaired) electrons. The van der Waals surface area contributed by atoms with Crippen LogP contribution < -0.4 is 0 Å². The van der Waals surface area contributed by atoms with Crippen molar-refractivity contribution < 1.29 is 9.90 Å². The Kier molecular flexibility index (Phi) is 2.92. The predicted molar refractivity (Wildman–Crippen MR) is 67.5 cm³/mol. The van der Waals surface area contributed by atoms with E-state index in [9.17, 15) is 9.90 Å². The Morgan fingerprint density at radius 1 is 1.29 bits per heavy atom. The molecule has 0 unspecified atom stereocenters. The standard InChI is InChI=1S/C13H17NO2S/c15-10-7-14(8-10)13(16)12-6-9-4-2-1-3-5-11(9)17-12/h6,10,15H,1-5,7-8H2. The molecule has 1 fully saturated rings. The van der Waals surface area contributed by atoms with Gasteiger partial charge in [-0.25, -0.2) is 0 Å². The SMILES string of the molecule is O=C(c1cc2c(s1)CCCCC2)N1CC(O)C1. The Hall–Kier alpha value is -0.870. The topological polar surface area (TPSA) is 40.5 Å². The minimum atomic E-state index is -0.309. The van der Waals surface area contributed by atoms with Gasteiger partial charge < -0.3 is 10.0 Å². The number of hydrogen-bond acceptors (Lipinski definition) is 3. The Bertz CT molecular complexity index is 411. The maximum Gasteiger partial charge on any atom is 0.264 e. The number of amides is 1. The van der Waals surface area contributed by atoms with Gasteiger partial charge in [0.2, 0.25) is 0 Å². The summed E-state index contributed by atoms with van der Waals surface area (Å²) in [7, 11) is 0. The van der Waals surface area contributed by atoms with Crippen LogP contribution in [0.25, 0.3) is 0 Å². The van der Waals surface area contributed by atoms with Crippen molar-refractivity contribution in [1.29, 1.82) is 0 Å². The van der Waals surface area contributed by atoms with Gasteiger partial charge in [-0.2, -0.15) is 0 Å². The molecule has 3 nitrogen and oxygen atoms in total. The summed E-state index contributed by atoms with van der Waals surface area (Å²) >= 11 is 1.66. The number of likely N-dealkylation sites (tertiary alicyclic amines) is 1. The molecule has 1 aromatic heterocycles. The number of carbonyl (C=O) groups excluding carboxylic acids is 1. The molecule has 1 aliphatic carbocycles. The number of fused-ring (bicyclic) bond motifs is 1. The molecule has 92 valence electrons. The van der Waals surface area contributed by atoms with Crippen molar-refractivity contribution in [1.82, 2.24) is 4.90 Å². The second kappa shape index (κ2) is 4.42. The summed E-state index contributed by atoms with van der Waals surface area (Å²) in [5.41, 5.74) is 1.39. The zero-order chi connectivity index (χ0) is 11.8. The molecule has 0 saturated carbocycles. The number of aliphatic hydroxyl groups is 1. The molecule has 1 aliphatic heterocycles. The summed E-state index contributed by atoms with van der Waals surface area (Å²) in [5.74, 6) is 0.105. The molecule has 0 atom stereocenters. The van der Waals surface area contributed by atoms with Gasteiger partial charge >= 0.3 is 0 Å². The molecule has 0 aromatic carbocycles. The number of nitrogens with zero attached hydrogens (tertiary/aromatic N) is 1. The van der Waals surface area contributed by atoms with Crippen LogP contribution in [0.15, 0.2) is 6.07 Å². The molecule has 1 amide bonds. The Morgan fingerprint density at radius 2 is 2.06 bits per heavy atom. The van der Waals surface area contributed by atoms with Crippen LogP contribution >= 0.6 is 11.3 Å². The van der Waals surface area contributed by atoms with Crippen LogP contribution in [0.5, 0.6) is 0 Å². The predicted octanol–water partition coefficient (Wildman–Crippen LogP) is 1.83. The third-order valence-electron chi connectivity index (χ3n) is 3.61. The Balaban J connectivity index is 1.77. The van der Waals surface area contributed by atoms with Gasteiger partial charge in [-0.15, -0.1) is 11.3 Å². The average molecular weight is 251 g/mol. The van der Waals surface area contributed by atoms with Crippen LogP contribution in [0, 0.1) is 0 Å². The van der Waals surface area contributed by atoms with Crippen molar-refractivity contribution in [2.45, 2.75) is 38.2 Å². The van der Waals surface area contributed by atoms with Crippen LogP contribution in [0.3, 0.4) is 0 Å². The van der Waals surface area contributed by atoms with Crippen molar-refractivity contribution in [3.8, 4) is 0 Å². The number of aliphatic hydroxyl groups excluding tert-OH is 1. The van der Waals surface area contributed by atoms with Crippen LogP contribution in [0.4, 0.5) is 0 Å². The van der Waals surface area contributed by atoms with Crippen molar-refractivity contribution in [3.05, 3.63) is 21.4 Å². The molecule has 1 saturated heterocycles. The van der Waals surface area contributed by atoms with Gasteiger partial charge in [0.15, 0.2) is 0 Å². The summed E-state index contributed by atoms with van der Waals surface area (Å²) in [4.78, 5) is 16.1. The summed E-state index contributed by atoms with van der Waals surface area (Å²) in [6.07, 6.45) is 5.76. The van der Waals surface area contributed by atoms with E-state index in [1.54, 1.807) is 16.2 Å². The molecule has 17 heavy (non-hydrogen) atoms. The highest BCUT2D eigenvalue weighted by Gasteiger charge is 2.30. The number of rotatable bonds is 1. The van der Waals surface area contributed by atoms with E-state index >= 15 is 0 Å². The molecule has 0 bridgehead atoms. The van der Waals surface area contributed by atoms with E-state index in [2.05, 4.69) is 6.07 Å². The Labute approximate surface area is 105 Å².